The lowest BCUT2D eigenvalue weighted by molar-refractivity contribution is -0.123. The number of carbonyl (C=O) groups is 1. The minimum absolute atomic E-state index is 0.0980. The number of rotatable bonds is 9. The van der Waals surface area contributed by atoms with Crippen LogP contribution in [0.3, 0.4) is 0 Å². The maximum atomic E-state index is 12.7. The van der Waals surface area contributed by atoms with E-state index in [-0.39, 0.29) is 11.3 Å². The van der Waals surface area contributed by atoms with Gasteiger partial charge in [0.15, 0.2) is 11.5 Å². The van der Waals surface area contributed by atoms with Crippen LogP contribution in [0.2, 0.25) is 5.02 Å². The summed E-state index contributed by atoms with van der Waals surface area (Å²) < 4.78 is 11.3. The van der Waals surface area contributed by atoms with Crippen LogP contribution in [0.25, 0.3) is 0 Å². The van der Waals surface area contributed by atoms with E-state index in [0.717, 1.165) is 41.9 Å². The lowest BCUT2D eigenvalue weighted by Crippen LogP contribution is -2.35. The molecule has 0 aromatic heterocycles. The van der Waals surface area contributed by atoms with Crippen LogP contribution in [-0.2, 0) is 16.6 Å². The molecule has 0 aliphatic heterocycles. The van der Waals surface area contributed by atoms with Gasteiger partial charge in [0.25, 0.3) is 0 Å². The van der Waals surface area contributed by atoms with Crippen molar-refractivity contribution in [2.75, 3.05) is 19.8 Å². The van der Waals surface area contributed by atoms with Crippen molar-refractivity contribution in [3.05, 3.63) is 58.6 Å². The van der Waals surface area contributed by atoms with Gasteiger partial charge in [-0.1, -0.05) is 29.8 Å². The number of halogens is 1. The zero-order valence-electron chi connectivity index (χ0n) is 15.9. The predicted molar refractivity (Wildman–Crippen MR) is 108 cm³/mol. The Morgan fingerprint density at radius 1 is 1.04 bits per heavy atom. The van der Waals surface area contributed by atoms with Crippen molar-refractivity contribution in [2.45, 2.75) is 38.5 Å². The highest BCUT2D eigenvalue weighted by molar-refractivity contribution is 6.30. The van der Waals surface area contributed by atoms with E-state index in [1.165, 1.54) is 0 Å². The molecule has 27 heavy (non-hydrogen) atoms. The fourth-order valence-corrected chi connectivity index (χ4v) is 3.41. The molecule has 3 rings (SSSR count). The molecule has 0 atom stereocenters. The van der Waals surface area contributed by atoms with Gasteiger partial charge in [0, 0.05) is 11.6 Å². The van der Waals surface area contributed by atoms with Crippen LogP contribution in [0, 0.1) is 0 Å². The molecular formula is C22H26ClNO3. The summed E-state index contributed by atoms with van der Waals surface area (Å²) in [5.74, 6) is 1.61. The van der Waals surface area contributed by atoms with Gasteiger partial charge in [-0.2, -0.15) is 0 Å². The Balaban J connectivity index is 1.58. The molecule has 1 aliphatic carbocycles. The smallest absolute Gasteiger partial charge is 0.230 e. The summed E-state index contributed by atoms with van der Waals surface area (Å²) in [5.41, 5.74) is 1.78. The third kappa shape index (κ3) is 4.56. The quantitative estimate of drug-likeness (QED) is 0.687. The number of amides is 1. The fraction of sp³-hybridized carbons (Fsp3) is 0.409. The van der Waals surface area contributed by atoms with E-state index in [4.69, 9.17) is 21.1 Å². The molecule has 2 aromatic carbocycles. The molecule has 1 fully saturated rings. The number of ether oxygens (including phenoxy) is 2. The van der Waals surface area contributed by atoms with Crippen LogP contribution in [0.4, 0.5) is 0 Å². The van der Waals surface area contributed by atoms with Crippen LogP contribution in [-0.4, -0.2) is 25.7 Å². The van der Waals surface area contributed by atoms with Gasteiger partial charge in [-0.15, -0.1) is 0 Å². The van der Waals surface area contributed by atoms with Crippen LogP contribution in [0.15, 0.2) is 42.5 Å². The van der Waals surface area contributed by atoms with Gasteiger partial charge in [-0.05, 0) is 68.5 Å². The van der Waals surface area contributed by atoms with Gasteiger partial charge < -0.3 is 14.8 Å². The first kappa shape index (κ1) is 19.6. The third-order valence-corrected chi connectivity index (χ3v) is 5.14. The molecule has 1 saturated carbocycles. The Morgan fingerprint density at radius 2 is 1.70 bits per heavy atom. The first-order chi connectivity index (χ1) is 13.1. The van der Waals surface area contributed by atoms with Crippen molar-refractivity contribution < 1.29 is 14.3 Å². The van der Waals surface area contributed by atoms with Gasteiger partial charge in [0.1, 0.15) is 0 Å². The first-order valence-corrected chi connectivity index (χ1v) is 9.89. The summed E-state index contributed by atoms with van der Waals surface area (Å²) >= 11 is 5.96. The molecule has 1 amide bonds. The number of benzene rings is 2. The Hall–Kier alpha value is -2.20. The van der Waals surface area contributed by atoms with E-state index < -0.39 is 0 Å². The van der Waals surface area contributed by atoms with E-state index in [9.17, 15) is 4.79 Å². The van der Waals surface area contributed by atoms with Gasteiger partial charge in [-0.3, -0.25) is 4.79 Å². The van der Waals surface area contributed by atoms with Crippen molar-refractivity contribution >= 4 is 17.5 Å². The average Bonchev–Trinajstić information content (AvgIpc) is 3.47. The lowest BCUT2D eigenvalue weighted by Gasteiger charge is -2.16. The molecule has 1 aliphatic rings. The molecule has 0 bridgehead atoms. The van der Waals surface area contributed by atoms with Crippen molar-refractivity contribution in [3.8, 4) is 11.5 Å². The molecule has 2 aromatic rings. The number of hydrogen-bond acceptors (Lipinski definition) is 3. The molecule has 5 heteroatoms. The number of nitrogens with one attached hydrogen (secondary N) is 1. The maximum Gasteiger partial charge on any atom is 0.230 e. The summed E-state index contributed by atoms with van der Waals surface area (Å²) in [6, 6.07) is 13.5. The highest BCUT2D eigenvalue weighted by Gasteiger charge is 2.50. The van der Waals surface area contributed by atoms with Gasteiger partial charge in [0.05, 0.1) is 18.6 Å². The highest BCUT2D eigenvalue weighted by atomic mass is 35.5. The molecule has 4 nitrogen and oxygen atoms in total. The zero-order valence-corrected chi connectivity index (χ0v) is 16.6. The normalized spacial score (nSPS) is 14.5. The van der Waals surface area contributed by atoms with E-state index in [1.807, 2.05) is 56.3 Å². The van der Waals surface area contributed by atoms with Crippen LogP contribution >= 0.6 is 11.6 Å². The minimum atomic E-state index is -0.375. The summed E-state index contributed by atoms with van der Waals surface area (Å²) in [6.45, 7) is 5.68. The molecule has 144 valence electrons. The van der Waals surface area contributed by atoms with E-state index in [1.54, 1.807) is 0 Å². The summed E-state index contributed by atoms with van der Waals surface area (Å²) in [4.78, 5) is 12.7. The number of carbonyl (C=O) groups excluding carboxylic acids is 1. The van der Waals surface area contributed by atoms with E-state index in [0.29, 0.717) is 24.8 Å². The predicted octanol–water partition coefficient (Wildman–Crippen LogP) is 4.53. The average molecular weight is 388 g/mol. The second-order valence-electron chi connectivity index (χ2n) is 6.74. The van der Waals surface area contributed by atoms with Gasteiger partial charge in [0.2, 0.25) is 5.91 Å². The monoisotopic (exact) mass is 387 g/mol. The minimum Gasteiger partial charge on any atom is -0.490 e. The summed E-state index contributed by atoms with van der Waals surface area (Å²) in [7, 11) is 0. The Bertz CT molecular complexity index is 785. The largest absolute Gasteiger partial charge is 0.490 e. The third-order valence-electron chi connectivity index (χ3n) is 4.89. The van der Waals surface area contributed by atoms with Gasteiger partial charge >= 0.3 is 0 Å². The standard InChI is InChI=1S/C22H26ClNO3/c1-3-26-19-10-5-16(15-20(19)27-4-2)11-14-24-21(25)22(12-13-22)17-6-8-18(23)9-7-17/h5-10,15H,3-4,11-14H2,1-2H3,(H,24,25). The van der Waals surface area contributed by atoms with Gasteiger partial charge in [-0.25, -0.2) is 0 Å². The SMILES string of the molecule is CCOc1ccc(CCNC(=O)C2(c3ccc(Cl)cc3)CC2)cc1OCC. The summed E-state index contributed by atoms with van der Waals surface area (Å²) in [5, 5.41) is 3.78. The maximum absolute atomic E-state index is 12.7. The lowest BCUT2D eigenvalue weighted by atomic mass is 9.95. The Morgan fingerprint density at radius 3 is 2.33 bits per heavy atom. The Labute approximate surface area is 165 Å². The molecule has 0 radical (unpaired) electrons. The van der Waals surface area contributed by atoms with Crippen LogP contribution < -0.4 is 14.8 Å². The number of hydrogen-bond donors (Lipinski definition) is 1. The molecule has 0 saturated heterocycles. The van der Waals surface area contributed by atoms with Crippen LogP contribution in [0.5, 0.6) is 11.5 Å². The fourth-order valence-electron chi connectivity index (χ4n) is 3.28. The molecule has 0 spiro atoms. The molecule has 1 N–H and O–H groups in total. The second kappa shape index (κ2) is 8.66. The summed E-state index contributed by atoms with van der Waals surface area (Å²) in [6.07, 6.45) is 2.52. The van der Waals surface area contributed by atoms with E-state index in [2.05, 4.69) is 5.32 Å². The van der Waals surface area contributed by atoms with Crippen molar-refractivity contribution in [2.24, 2.45) is 0 Å². The van der Waals surface area contributed by atoms with Crippen molar-refractivity contribution in [3.63, 3.8) is 0 Å². The second-order valence-corrected chi connectivity index (χ2v) is 7.18. The van der Waals surface area contributed by atoms with E-state index >= 15 is 0 Å². The topological polar surface area (TPSA) is 47.6 Å². The van der Waals surface area contributed by atoms with Crippen LogP contribution in [0.1, 0.15) is 37.8 Å². The Kier molecular flexibility index (Phi) is 6.27. The zero-order chi connectivity index (χ0) is 19.3. The first-order valence-electron chi connectivity index (χ1n) is 9.52. The molecule has 0 heterocycles. The highest BCUT2D eigenvalue weighted by Crippen LogP contribution is 2.48. The van der Waals surface area contributed by atoms with Crippen molar-refractivity contribution in [1.29, 1.82) is 0 Å². The molecule has 0 unspecified atom stereocenters. The van der Waals surface area contributed by atoms with Crippen molar-refractivity contribution in [1.82, 2.24) is 5.32 Å². The molecular weight excluding hydrogens is 362 g/mol.